The number of rotatable bonds is 5. The van der Waals surface area contributed by atoms with E-state index < -0.39 is 10.0 Å². The van der Waals surface area contributed by atoms with E-state index in [2.05, 4.69) is 4.72 Å². The Labute approximate surface area is 115 Å². The Morgan fingerprint density at radius 2 is 1.68 bits per heavy atom. The lowest BCUT2D eigenvalue weighted by Gasteiger charge is -2.16. The molecule has 0 aliphatic heterocycles. The highest BCUT2D eigenvalue weighted by Gasteiger charge is 2.17. The number of sulfonamides is 1. The van der Waals surface area contributed by atoms with Crippen molar-refractivity contribution in [2.24, 2.45) is 5.41 Å². The van der Waals surface area contributed by atoms with Crippen molar-refractivity contribution in [3.63, 3.8) is 0 Å². The molecule has 0 bridgehead atoms. The van der Waals surface area contributed by atoms with Gasteiger partial charge in [-0.3, -0.25) is 9.52 Å². The van der Waals surface area contributed by atoms with Crippen molar-refractivity contribution in [3.05, 3.63) is 29.8 Å². The van der Waals surface area contributed by atoms with E-state index in [1.165, 1.54) is 0 Å². The molecule has 0 spiro atoms. The quantitative estimate of drug-likeness (QED) is 0.845. The molecule has 0 saturated heterocycles. The van der Waals surface area contributed by atoms with E-state index in [-0.39, 0.29) is 17.0 Å². The lowest BCUT2D eigenvalue weighted by molar-refractivity contribution is 0.0940. The molecule has 0 aliphatic rings. The maximum absolute atomic E-state index is 12.0. The van der Waals surface area contributed by atoms with E-state index in [9.17, 15) is 13.2 Å². The molecule has 1 N–H and O–H groups in total. The monoisotopic (exact) mass is 283 g/mol. The van der Waals surface area contributed by atoms with Crippen LogP contribution in [-0.2, 0) is 10.0 Å². The van der Waals surface area contributed by atoms with Crippen molar-refractivity contribution in [1.82, 2.24) is 0 Å². The molecular formula is C14H21NO3S. The topological polar surface area (TPSA) is 63.2 Å². The van der Waals surface area contributed by atoms with E-state index in [0.717, 1.165) is 0 Å². The number of hydrogen-bond acceptors (Lipinski definition) is 3. The minimum atomic E-state index is -3.27. The van der Waals surface area contributed by atoms with Gasteiger partial charge in [0.2, 0.25) is 10.0 Å². The highest BCUT2D eigenvalue weighted by atomic mass is 32.2. The summed E-state index contributed by atoms with van der Waals surface area (Å²) in [6.07, 6.45) is 0.465. The lowest BCUT2D eigenvalue weighted by atomic mass is 9.88. The van der Waals surface area contributed by atoms with E-state index in [4.69, 9.17) is 0 Å². The third-order valence-electron chi connectivity index (χ3n) is 2.55. The molecule has 0 unspecified atom stereocenters. The molecule has 0 aromatic heterocycles. The number of anilines is 1. The Bertz CT molecular complexity index is 539. The Kier molecular flexibility index (Phi) is 4.74. The Morgan fingerprint density at radius 1 is 1.16 bits per heavy atom. The van der Waals surface area contributed by atoms with Gasteiger partial charge in [-0.2, -0.15) is 0 Å². The van der Waals surface area contributed by atoms with Crippen LogP contribution in [0.5, 0.6) is 0 Å². The van der Waals surface area contributed by atoms with Crippen LogP contribution in [0, 0.1) is 5.41 Å². The van der Waals surface area contributed by atoms with Gasteiger partial charge in [-0.1, -0.05) is 20.8 Å². The first-order chi connectivity index (χ1) is 8.63. The molecule has 0 radical (unpaired) electrons. The molecular weight excluding hydrogens is 262 g/mol. The Balaban J connectivity index is 2.80. The largest absolute Gasteiger partial charge is 0.294 e. The zero-order valence-electron chi connectivity index (χ0n) is 11.9. The van der Waals surface area contributed by atoms with Crippen LogP contribution < -0.4 is 4.72 Å². The highest BCUT2D eigenvalue weighted by molar-refractivity contribution is 7.92. The number of Topliss-reactive ketones (excluding diaryl/α,β-unsaturated/α-hetero) is 1. The van der Waals surface area contributed by atoms with Crippen molar-refractivity contribution < 1.29 is 13.2 Å². The average Bonchev–Trinajstić information content (AvgIpc) is 2.27. The van der Waals surface area contributed by atoms with Gasteiger partial charge in [0.1, 0.15) is 0 Å². The second-order valence-electron chi connectivity index (χ2n) is 5.74. The van der Waals surface area contributed by atoms with Crippen LogP contribution in [0.1, 0.15) is 44.5 Å². The van der Waals surface area contributed by atoms with Crippen LogP contribution in [0.15, 0.2) is 24.3 Å². The fourth-order valence-corrected chi connectivity index (χ4v) is 2.20. The number of ketones is 1. The van der Waals surface area contributed by atoms with Gasteiger partial charge < -0.3 is 0 Å². The van der Waals surface area contributed by atoms with Crippen molar-refractivity contribution in [3.8, 4) is 0 Å². The summed E-state index contributed by atoms with van der Waals surface area (Å²) in [7, 11) is -3.27. The van der Waals surface area contributed by atoms with Crippen molar-refractivity contribution in [2.45, 2.75) is 34.1 Å². The second-order valence-corrected chi connectivity index (χ2v) is 7.75. The molecule has 0 aliphatic carbocycles. The van der Waals surface area contributed by atoms with E-state index >= 15 is 0 Å². The smallest absolute Gasteiger partial charge is 0.232 e. The number of carbonyl (C=O) groups excluding carboxylic acids is 1. The van der Waals surface area contributed by atoms with Crippen LogP contribution in [0.25, 0.3) is 0 Å². The first-order valence-corrected chi connectivity index (χ1v) is 7.92. The minimum absolute atomic E-state index is 0.0255. The van der Waals surface area contributed by atoms with Crippen LogP contribution >= 0.6 is 0 Å². The first kappa shape index (κ1) is 15.7. The second kappa shape index (κ2) is 5.74. The molecule has 19 heavy (non-hydrogen) atoms. The van der Waals surface area contributed by atoms with Gasteiger partial charge in [0.05, 0.1) is 5.75 Å². The third kappa shape index (κ3) is 5.42. The van der Waals surface area contributed by atoms with Gasteiger partial charge in [-0.25, -0.2) is 8.42 Å². The Hall–Kier alpha value is -1.36. The molecule has 1 aromatic carbocycles. The van der Waals surface area contributed by atoms with Gasteiger partial charge in [0, 0.05) is 17.7 Å². The van der Waals surface area contributed by atoms with Gasteiger partial charge in [0.15, 0.2) is 5.78 Å². The molecule has 0 atom stereocenters. The number of benzene rings is 1. The van der Waals surface area contributed by atoms with Crippen molar-refractivity contribution in [1.29, 1.82) is 0 Å². The summed E-state index contributed by atoms with van der Waals surface area (Å²) in [5.74, 6) is 0.0925. The molecule has 1 rings (SSSR count). The zero-order valence-corrected chi connectivity index (χ0v) is 12.7. The third-order valence-corrected chi connectivity index (χ3v) is 3.86. The number of nitrogens with one attached hydrogen (secondary N) is 1. The van der Waals surface area contributed by atoms with Gasteiger partial charge in [-0.05, 0) is 36.6 Å². The van der Waals surface area contributed by atoms with E-state index in [1.54, 1.807) is 31.2 Å². The molecule has 106 valence electrons. The molecule has 0 heterocycles. The number of carbonyl (C=O) groups is 1. The van der Waals surface area contributed by atoms with Gasteiger partial charge >= 0.3 is 0 Å². The summed E-state index contributed by atoms with van der Waals surface area (Å²) in [6.45, 7) is 7.60. The van der Waals surface area contributed by atoms with E-state index in [0.29, 0.717) is 17.7 Å². The predicted octanol–water partition coefficient (Wildman–Crippen LogP) is 3.07. The number of hydrogen-bond donors (Lipinski definition) is 1. The molecule has 0 saturated carbocycles. The maximum atomic E-state index is 12.0. The van der Waals surface area contributed by atoms with Gasteiger partial charge in [-0.15, -0.1) is 0 Å². The average molecular weight is 283 g/mol. The lowest BCUT2D eigenvalue weighted by Crippen LogP contribution is -2.15. The summed E-state index contributed by atoms with van der Waals surface area (Å²) < 4.78 is 25.2. The SMILES string of the molecule is CCS(=O)(=O)Nc1ccc(C(=O)CC(C)(C)C)cc1. The summed E-state index contributed by atoms with van der Waals surface area (Å²) in [4.78, 5) is 12.0. The molecule has 4 nitrogen and oxygen atoms in total. The molecule has 0 fully saturated rings. The minimum Gasteiger partial charge on any atom is -0.294 e. The standard InChI is InChI=1S/C14H21NO3S/c1-5-19(17,18)15-12-8-6-11(7-9-12)13(16)10-14(2,3)4/h6-9,15H,5,10H2,1-4H3. The van der Waals surface area contributed by atoms with Crippen molar-refractivity contribution in [2.75, 3.05) is 10.5 Å². The summed E-state index contributed by atoms with van der Waals surface area (Å²) in [5, 5.41) is 0. The fraction of sp³-hybridized carbons (Fsp3) is 0.500. The summed E-state index contributed by atoms with van der Waals surface area (Å²) in [6, 6.07) is 6.54. The first-order valence-electron chi connectivity index (χ1n) is 6.27. The van der Waals surface area contributed by atoms with Crippen LogP contribution in [0.3, 0.4) is 0 Å². The van der Waals surface area contributed by atoms with Crippen molar-refractivity contribution >= 4 is 21.5 Å². The zero-order chi connectivity index (χ0) is 14.7. The molecule has 5 heteroatoms. The normalized spacial score (nSPS) is 12.2. The summed E-state index contributed by atoms with van der Waals surface area (Å²) in [5.41, 5.74) is 1.03. The predicted molar refractivity (Wildman–Crippen MR) is 77.9 cm³/mol. The fourth-order valence-electron chi connectivity index (χ4n) is 1.56. The van der Waals surface area contributed by atoms with Crippen LogP contribution in [0.4, 0.5) is 5.69 Å². The van der Waals surface area contributed by atoms with Gasteiger partial charge in [0.25, 0.3) is 0 Å². The van der Waals surface area contributed by atoms with Crippen LogP contribution in [0.2, 0.25) is 0 Å². The molecule has 1 aromatic rings. The van der Waals surface area contributed by atoms with Crippen LogP contribution in [-0.4, -0.2) is 20.0 Å². The molecule has 0 amide bonds. The Morgan fingerprint density at radius 3 is 2.11 bits per heavy atom. The summed E-state index contributed by atoms with van der Waals surface area (Å²) >= 11 is 0. The highest BCUT2D eigenvalue weighted by Crippen LogP contribution is 2.22. The maximum Gasteiger partial charge on any atom is 0.232 e. The van der Waals surface area contributed by atoms with E-state index in [1.807, 2.05) is 20.8 Å².